The summed E-state index contributed by atoms with van der Waals surface area (Å²) in [6, 6.07) is 7.08. The van der Waals surface area contributed by atoms with Crippen molar-refractivity contribution in [1.29, 1.82) is 0 Å². The highest BCUT2D eigenvalue weighted by atomic mass is 35.5. The molecule has 3 aromatic rings. The van der Waals surface area contributed by atoms with Crippen LogP contribution in [0.5, 0.6) is 0 Å². The quantitative estimate of drug-likeness (QED) is 0.331. The van der Waals surface area contributed by atoms with Gasteiger partial charge in [0.2, 0.25) is 0 Å². The van der Waals surface area contributed by atoms with Crippen molar-refractivity contribution in [1.82, 2.24) is 24.7 Å². The Labute approximate surface area is 176 Å². The summed E-state index contributed by atoms with van der Waals surface area (Å²) in [4.78, 5) is 35.7. The first-order valence-electron chi connectivity index (χ1n) is 8.87. The van der Waals surface area contributed by atoms with E-state index in [1.165, 1.54) is 18.1 Å². The van der Waals surface area contributed by atoms with Crippen molar-refractivity contribution in [3.8, 4) is 0 Å². The molecule has 0 aliphatic heterocycles. The SMILES string of the molecule is CSc1nc(C)c(CCC(=O)OC(Cn2cncn2)c2ccc(Cl)cc2)c(=O)[nH]1. The number of carbonyl (C=O) groups is 1. The minimum absolute atomic E-state index is 0.0612. The average Bonchev–Trinajstić information content (AvgIpc) is 3.20. The van der Waals surface area contributed by atoms with E-state index in [1.54, 1.807) is 42.2 Å². The Morgan fingerprint density at radius 3 is 2.72 bits per heavy atom. The number of carbonyl (C=O) groups excluding carboxylic acids is 1. The van der Waals surface area contributed by atoms with Gasteiger partial charge in [0.1, 0.15) is 18.8 Å². The first-order valence-corrected chi connectivity index (χ1v) is 10.5. The van der Waals surface area contributed by atoms with Gasteiger partial charge < -0.3 is 9.72 Å². The van der Waals surface area contributed by atoms with Crippen LogP contribution in [0.25, 0.3) is 0 Å². The standard InChI is InChI=1S/C19H20ClN5O3S/c1-12-15(18(27)24-19(23-12)29-2)7-8-17(26)28-16(9-25-11-21-10-22-25)13-3-5-14(20)6-4-13/h3-6,10-11,16H,7-9H2,1-2H3,(H,23,24,27). The molecule has 1 aromatic carbocycles. The fourth-order valence-corrected chi connectivity index (χ4v) is 3.35. The summed E-state index contributed by atoms with van der Waals surface area (Å²) < 4.78 is 7.28. The molecule has 1 N–H and O–H groups in total. The van der Waals surface area contributed by atoms with Gasteiger partial charge in [-0.05, 0) is 37.3 Å². The van der Waals surface area contributed by atoms with Crippen molar-refractivity contribution in [3.63, 3.8) is 0 Å². The zero-order chi connectivity index (χ0) is 20.8. The van der Waals surface area contributed by atoms with Crippen LogP contribution in [-0.4, -0.2) is 37.0 Å². The molecule has 0 amide bonds. The van der Waals surface area contributed by atoms with Gasteiger partial charge >= 0.3 is 5.97 Å². The summed E-state index contributed by atoms with van der Waals surface area (Å²) >= 11 is 7.32. The highest BCUT2D eigenvalue weighted by Gasteiger charge is 2.19. The highest BCUT2D eigenvalue weighted by Crippen LogP contribution is 2.22. The van der Waals surface area contributed by atoms with E-state index >= 15 is 0 Å². The third-order valence-corrected chi connectivity index (χ3v) is 5.14. The smallest absolute Gasteiger partial charge is 0.306 e. The highest BCUT2D eigenvalue weighted by molar-refractivity contribution is 7.98. The number of H-pyrrole nitrogens is 1. The third-order valence-electron chi connectivity index (χ3n) is 4.31. The molecule has 0 bridgehead atoms. The fourth-order valence-electron chi connectivity index (χ4n) is 2.81. The van der Waals surface area contributed by atoms with Crippen molar-refractivity contribution in [2.45, 2.75) is 37.6 Å². The van der Waals surface area contributed by atoms with Crippen LogP contribution in [0.2, 0.25) is 5.02 Å². The van der Waals surface area contributed by atoms with Crippen LogP contribution in [0.3, 0.4) is 0 Å². The predicted molar refractivity (Wildman–Crippen MR) is 110 cm³/mol. The molecule has 0 radical (unpaired) electrons. The predicted octanol–water partition coefficient (Wildman–Crippen LogP) is 2.96. The van der Waals surface area contributed by atoms with Crippen LogP contribution in [0, 0.1) is 6.92 Å². The van der Waals surface area contributed by atoms with E-state index in [2.05, 4.69) is 20.1 Å². The van der Waals surface area contributed by atoms with Crippen LogP contribution >= 0.6 is 23.4 Å². The first-order chi connectivity index (χ1) is 14.0. The molecule has 0 saturated carbocycles. The molecule has 0 spiro atoms. The summed E-state index contributed by atoms with van der Waals surface area (Å²) in [5.74, 6) is -0.419. The van der Waals surface area contributed by atoms with Gasteiger partial charge in [0, 0.05) is 22.7 Å². The number of ether oxygens (including phenoxy) is 1. The Morgan fingerprint density at radius 1 is 1.34 bits per heavy atom. The molecule has 0 saturated heterocycles. The van der Waals surface area contributed by atoms with E-state index in [0.29, 0.717) is 28.0 Å². The molecule has 1 unspecified atom stereocenters. The van der Waals surface area contributed by atoms with Crippen LogP contribution in [-0.2, 0) is 22.5 Å². The number of hydrogen-bond donors (Lipinski definition) is 1. The first kappa shape index (κ1) is 21.1. The Bertz CT molecular complexity index is 1020. The van der Waals surface area contributed by atoms with Gasteiger partial charge in [0.05, 0.1) is 6.54 Å². The number of benzene rings is 1. The van der Waals surface area contributed by atoms with E-state index in [0.717, 1.165) is 5.56 Å². The van der Waals surface area contributed by atoms with Crippen LogP contribution in [0.4, 0.5) is 0 Å². The van der Waals surface area contributed by atoms with Crippen molar-refractivity contribution in [2.75, 3.05) is 6.26 Å². The maximum atomic E-state index is 12.5. The van der Waals surface area contributed by atoms with Gasteiger partial charge in [-0.3, -0.25) is 9.59 Å². The zero-order valence-corrected chi connectivity index (χ0v) is 17.5. The summed E-state index contributed by atoms with van der Waals surface area (Å²) in [7, 11) is 0. The summed E-state index contributed by atoms with van der Waals surface area (Å²) in [6.07, 6.45) is 4.56. The minimum Gasteiger partial charge on any atom is -0.455 e. The van der Waals surface area contributed by atoms with Gasteiger partial charge in [0.15, 0.2) is 5.16 Å². The average molecular weight is 434 g/mol. The largest absolute Gasteiger partial charge is 0.455 e. The second-order valence-corrected chi connectivity index (χ2v) is 7.52. The van der Waals surface area contributed by atoms with Gasteiger partial charge in [-0.1, -0.05) is 35.5 Å². The number of esters is 1. The zero-order valence-electron chi connectivity index (χ0n) is 16.0. The number of aryl methyl sites for hydroxylation is 1. The normalized spacial score (nSPS) is 12.0. The van der Waals surface area contributed by atoms with Crippen molar-refractivity contribution < 1.29 is 9.53 Å². The molecule has 0 fully saturated rings. The van der Waals surface area contributed by atoms with E-state index in [1.807, 2.05) is 6.26 Å². The van der Waals surface area contributed by atoms with Crippen LogP contribution in [0.1, 0.15) is 29.3 Å². The van der Waals surface area contributed by atoms with Crippen molar-refractivity contribution in [3.05, 3.63) is 69.1 Å². The number of nitrogens with one attached hydrogen (secondary N) is 1. The lowest BCUT2D eigenvalue weighted by Gasteiger charge is -2.18. The lowest BCUT2D eigenvalue weighted by Crippen LogP contribution is -2.21. The molecule has 1 atom stereocenters. The monoisotopic (exact) mass is 433 g/mol. The molecule has 10 heteroatoms. The van der Waals surface area contributed by atoms with Crippen LogP contribution in [0.15, 0.2) is 46.9 Å². The Kier molecular flexibility index (Phi) is 7.05. The molecular formula is C19H20ClN5O3S. The Balaban J connectivity index is 1.70. The van der Waals surface area contributed by atoms with Crippen molar-refractivity contribution in [2.24, 2.45) is 0 Å². The topological polar surface area (TPSA) is 103 Å². The maximum absolute atomic E-state index is 12.5. The van der Waals surface area contributed by atoms with E-state index < -0.39 is 12.1 Å². The molecule has 152 valence electrons. The number of halogens is 1. The fraction of sp³-hybridized carbons (Fsp3) is 0.316. The number of aromatic nitrogens is 5. The maximum Gasteiger partial charge on any atom is 0.306 e. The van der Waals surface area contributed by atoms with E-state index in [4.69, 9.17) is 16.3 Å². The number of nitrogens with zero attached hydrogens (tertiary/aromatic N) is 4. The van der Waals surface area contributed by atoms with Gasteiger partial charge in [-0.15, -0.1) is 0 Å². The molecule has 2 heterocycles. The lowest BCUT2D eigenvalue weighted by atomic mass is 10.1. The van der Waals surface area contributed by atoms with Crippen molar-refractivity contribution >= 4 is 29.3 Å². The van der Waals surface area contributed by atoms with Crippen LogP contribution < -0.4 is 5.56 Å². The van der Waals surface area contributed by atoms with E-state index in [9.17, 15) is 9.59 Å². The third kappa shape index (κ3) is 5.68. The molecule has 29 heavy (non-hydrogen) atoms. The molecule has 0 aliphatic rings. The minimum atomic E-state index is -0.558. The number of rotatable bonds is 8. The lowest BCUT2D eigenvalue weighted by molar-refractivity contribution is -0.150. The molecule has 8 nitrogen and oxygen atoms in total. The molecule has 3 rings (SSSR count). The molecule has 0 aliphatic carbocycles. The number of thioether (sulfide) groups is 1. The van der Waals surface area contributed by atoms with Gasteiger partial charge in [0.25, 0.3) is 5.56 Å². The second-order valence-electron chi connectivity index (χ2n) is 6.29. The van der Waals surface area contributed by atoms with Gasteiger partial charge in [-0.2, -0.15) is 5.10 Å². The van der Waals surface area contributed by atoms with Gasteiger partial charge in [-0.25, -0.2) is 14.6 Å². The van der Waals surface area contributed by atoms with E-state index in [-0.39, 0.29) is 18.4 Å². The molecular weight excluding hydrogens is 414 g/mol. The summed E-state index contributed by atoms with van der Waals surface area (Å²) in [5, 5.41) is 5.22. The second kappa shape index (κ2) is 9.71. The Morgan fingerprint density at radius 2 is 2.10 bits per heavy atom. The summed E-state index contributed by atoms with van der Waals surface area (Å²) in [6.45, 7) is 2.08. The number of hydrogen-bond acceptors (Lipinski definition) is 7. The molecule has 2 aromatic heterocycles. The number of aromatic amines is 1. The summed E-state index contributed by atoms with van der Waals surface area (Å²) in [5.41, 5.74) is 1.66. The Hall–Kier alpha value is -2.65.